The summed E-state index contributed by atoms with van der Waals surface area (Å²) in [5.74, 6) is 0.711. The van der Waals surface area contributed by atoms with Crippen molar-refractivity contribution >= 4 is 44.8 Å². The molecule has 0 bridgehead atoms. The van der Waals surface area contributed by atoms with Crippen LogP contribution in [0.25, 0.3) is 42.7 Å². The summed E-state index contributed by atoms with van der Waals surface area (Å²) >= 11 is 1.88. The van der Waals surface area contributed by atoms with Crippen LogP contribution in [0.1, 0.15) is 42.7 Å². The van der Waals surface area contributed by atoms with Crippen LogP contribution in [0.2, 0.25) is 19.6 Å². The van der Waals surface area contributed by atoms with Gasteiger partial charge in [-0.2, -0.15) is 11.3 Å². The molecule has 0 aliphatic heterocycles. The Kier molecular flexibility index (Phi) is 9.54. The molecular weight excluding hydrogens is 725 g/mol. The summed E-state index contributed by atoms with van der Waals surface area (Å²) < 4.78 is 2.69. The van der Waals surface area contributed by atoms with E-state index in [1.54, 1.807) is 0 Å². The minimum atomic E-state index is -1.33. The van der Waals surface area contributed by atoms with E-state index in [2.05, 4.69) is 85.3 Å². The molecule has 42 heavy (non-hydrogen) atoms. The van der Waals surface area contributed by atoms with E-state index >= 15 is 0 Å². The Morgan fingerprint density at radius 3 is 2.36 bits per heavy atom. The number of hydrogen-bond donors (Lipinski definition) is 0. The van der Waals surface area contributed by atoms with Crippen molar-refractivity contribution in [1.82, 2.24) is 9.97 Å². The molecule has 0 amide bonds. The molecule has 0 unspecified atom stereocenters. The van der Waals surface area contributed by atoms with Gasteiger partial charge in [0.2, 0.25) is 0 Å². The van der Waals surface area contributed by atoms with E-state index in [1.165, 1.54) is 62.2 Å². The zero-order valence-electron chi connectivity index (χ0n) is 24.7. The van der Waals surface area contributed by atoms with E-state index in [4.69, 9.17) is 4.98 Å². The molecule has 1 radical (unpaired) electrons. The van der Waals surface area contributed by atoms with Crippen LogP contribution in [0.15, 0.2) is 91.3 Å². The fourth-order valence-electron chi connectivity index (χ4n) is 5.68. The molecule has 2 nitrogen and oxygen atoms in total. The number of rotatable bonds is 4. The Balaban J connectivity index is 0.000000212. The second kappa shape index (κ2) is 13.1. The largest absolute Gasteiger partial charge is 0.305 e. The molecule has 0 atom stereocenters. The van der Waals surface area contributed by atoms with Crippen LogP contribution in [-0.4, -0.2) is 18.0 Å². The second-order valence-corrected chi connectivity index (χ2v) is 18.2. The van der Waals surface area contributed by atoms with E-state index in [1.807, 2.05) is 61.0 Å². The molecule has 0 saturated heterocycles. The zero-order valence-corrected chi connectivity index (χ0v) is 28.9. The van der Waals surface area contributed by atoms with Crippen LogP contribution in [0, 0.1) is 19.1 Å². The molecule has 0 spiro atoms. The number of aromatic nitrogens is 2. The first-order valence-corrected chi connectivity index (χ1v) is 18.9. The van der Waals surface area contributed by atoms with Gasteiger partial charge in [0.15, 0.2) is 0 Å². The maximum Gasteiger partial charge on any atom is 0.0776 e. The second-order valence-electron chi connectivity index (χ2n) is 12.1. The molecule has 7 rings (SSSR count). The van der Waals surface area contributed by atoms with Crippen LogP contribution in [0.4, 0.5) is 0 Å². The van der Waals surface area contributed by atoms with Crippen molar-refractivity contribution in [3.8, 4) is 22.5 Å². The summed E-state index contributed by atoms with van der Waals surface area (Å²) in [5.41, 5.74) is 6.89. The Hall–Kier alpha value is -2.95. The van der Waals surface area contributed by atoms with Gasteiger partial charge in [-0.1, -0.05) is 79.0 Å². The topological polar surface area (TPSA) is 25.8 Å². The van der Waals surface area contributed by atoms with Crippen molar-refractivity contribution in [2.45, 2.75) is 58.2 Å². The predicted molar refractivity (Wildman–Crippen MR) is 179 cm³/mol. The first kappa shape index (κ1) is 30.5. The fourth-order valence-corrected chi connectivity index (χ4v) is 8.02. The predicted octanol–water partition coefficient (Wildman–Crippen LogP) is 9.97. The molecule has 6 aromatic rings. The third kappa shape index (κ3) is 6.66. The van der Waals surface area contributed by atoms with Crippen molar-refractivity contribution in [2.24, 2.45) is 0 Å². The van der Waals surface area contributed by atoms with Crippen LogP contribution >= 0.6 is 11.3 Å². The van der Waals surface area contributed by atoms with Gasteiger partial charge < -0.3 is 9.97 Å². The van der Waals surface area contributed by atoms with Gasteiger partial charge in [-0.15, -0.1) is 59.7 Å². The fraction of sp³-hybridized carbons (Fsp3) is 0.243. The summed E-state index contributed by atoms with van der Waals surface area (Å²) in [4.78, 5) is 9.06. The van der Waals surface area contributed by atoms with Crippen LogP contribution in [-0.2, 0) is 20.1 Å². The first-order valence-electron chi connectivity index (χ1n) is 14.6. The zero-order chi connectivity index (χ0) is 28.4. The SMILES string of the molecule is C[Si](C)(C)c1ccc2sc3c(-c4cc(C5CCCC5)ccn4)[c-]ccc3c2c1.Cc1ccc(-c2[c-]cccc2)nc1.[Ir]. The smallest absolute Gasteiger partial charge is 0.0776 e. The molecule has 0 N–H and O–H groups in total. The molecule has 1 fully saturated rings. The van der Waals surface area contributed by atoms with Gasteiger partial charge in [-0.3, -0.25) is 0 Å². The van der Waals surface area contributed by atoms with Crippen LogP contribution in [0.3, 0.4) is 0 Å². The van der Waals surface area contributed by atoms with E-state index in [-0.39, 0.29) is 20.1 Å². The average Bonchev–Trinajstić information content (AvgIpc) is 3.66. The average molecular weight is 761 g/mol. The Labute approximate surface area is 268 Å². The number of pyridine rings is 2. The van der Waals surface area contributed by atoms with Crippen LogP contribution in [0.5, 0.6) is 0 Å². The first-order chi connectivity index (χ1) is 19.9. The minimum absolute atomic E-state index is 0. The standard InChI is InChI=1S/C25H26NSSi.C12H10N.Ir/c1-28(2,3)19-11-12-24-22(16-19)20-9-6-10-21(25(20)27-24)23-15-18(13-14-26-23)17-7-4-5-8-17;1-10-7-8-12(13-9-10)11-5-3-2-4-6-11;/h6,9,11-17H,4-5,7-8H2,1-3H3;2-5,7-9H,1H3;/q2*-1;. The van der Waals surface area contributed by atoms with Gasteiger partial charge in [-0.25, -0.2) is 0 Å². The minimum Gasteiger partial charge on any atom is -0.305 e. The third-order valence-corrected chi connectivity index (χ3v) is 11.3. The molecule has 1 saturated carbocycles. The number of aryl methyl sites for hydroxylation is 1. The Bertz CT molecular complexity index is 1780. The summed E-state index contributed by atoms with van der Waals surface area (Å²) in [6.45, 7) is 9.28. The summed E-state index contributed by atoms with van der Waals surface area (Å²) in [5, 5.41) is 4.26. The van der Waals surface area contributed by atoms with Crippen molar-refractivity contribution < 1.29 is 20.1 Å². The van der Waals surface area contributed by atoms with Crippen molar-refractivity contribution in [2.75, 3.05) is 0 Å². The Morgan fingerprint density at radius 1 is 0.810 bits per heavy atom. The van der Waals surface area contributed by atoms with Gasteiger partial charge >= 0.3 is 0 Å². The van der Waals surface area contributed by atoms with Crippen LogP contribution < -0.4 is 5.19 Å². The van der Waals surface area contributed by atoms with Crippen molar-refractivity contribution in [3.05, 3.63) is 115 Å². The molecule has 1 aliphatic carbocycles. The molecule has 1 aliphatic rings. The molecule has 215 valence electrons. The van der Waals surface area contributed by atoms with Gasteiger partial charge in [-0.05, 0) is 64.9 Å². The summed E-state index contributed by atoms with van der Waals surface area (Å²) in [6, 6.07) is 34.5. The summed E-state index contributed by atoms with van der Waals surface area (Å²) in [6.07, 6.45) is 9.22. The number of hydrogen-bond acceptors (Lipinski definition) is 3. The van der Waals surface area contributed by atoms with Gasteiger partial charge in [0, 0.05) is 37.2 Å². The van der Waals surface area contributed by atoms with Gasteiger partial charge in [0.25, 0.3) is 0 Å². The quantitative estimate of drug-likeness (QED) is 0.132. The monoisotopic (exact) mass is 761 g/mol. The van der Waals surface area contributed by atoms with E-state index in [0.717, 1.165) is 22.5 Å². The third-order valence-electron chi connectivity index (χ3n) is 8.06. The number of benzene rings is 3. The number of thiophene rings is 1. The molecule has 3 heterocycles. The van der Waals surface area contributed by atoms with Gasteiger partial charge in [0.1, 0.15) is 0 Å². The van der Waals surface area contributed by atoms with E-state index < -0.39 is 8.07 Å². The maximum absolute atomic E-state index is 4.74. The Morgan fingerprint density at radius 2 is 1.64 bits per heavy atom. The number of nitrogens with zero attached hydrogens (tertiary/aromatic N) is 2. The molecule has 3 aromatic carbocycles. The molecule has 5 heteroatoms. The van der Waals surface area contributed by atoms with Crippen molar-refractivity contribution in [3.63, 3.8) is 0 Å². The molecular formula is C37H36IrN2SSi-2. The summed E-state index contributed by atoms with van der Waals surface area (Å²) in [7, 11) is -1.33. The normalized spacial score (nSPS) is 13.5. The number of fused-ring (bicyclic) bond motifs is 3. The van der Waals surface area contributed by atoms with Crippen molar-refractivity contribution in [1.29, 1.82) is 0 Å². The molecule has 3 aromatic heterocycles. The maximum atomic E-state index is 4.74. The van der Waals surface area contributed by atoms with E-state index in [9.17, 15) is 0 Å². The van der Waals surface area contributed by atoms with Gasteiger partial charge in [0.05, 0.1) is 8.07 Å². The van der Waals surface area contributed by atoms with E-state index in [0.29, 0.717) is 5.92 Å².